The summed E-state index contributed by atoms with van der Waals surface area (Å²) in [6, 6.07) is 6.75. The molecule has 3 heterocycles. The molecule has 0 spiro atoms. The first kappa shape index (κ1) is 24.1. The Morgan fingerprint density at radius 2 is 1.89 bits per heavy atom. The molecule has 2 aliphatic rings. The van der Waals surface area contributed by atoms with Gasteiger partial charge in [0.05, 0.1) is 18.7 Å². The molecule has 2 aromatic heterocycles. The molecule has 0 radical (unpaired) electrons. The number of pyridine rings is 1. The summed E-state index contributed by atoms with van der Waals surface area (Å²) in [5, 5.41) is 14.0. The van der Waals surface area contributed by atoms with E-state index < -0.39 is 0 Å². The highest BCUT2D eigenvalue weighted by atomic mass is 16.5. The van der Waals surface area contributed by atoms with E-state index in [2.05, 4.69) is 71.3 Å². The molecule has 8 heteroatoms. The second-order valence-electron chi connectivity index (χ2n) is 10.8. The SMILES string of the molecule is Cc1cc2cc(CN(C3CCCC3)[C@@H](c3nnnn3C[C@H]3CCCO3)C(C)C)c(=O)[nH]c2cc1C. The summed E-state index contributed by atoms with van der Waals surface area (Å²) < 4.78 is 7.82. The number of fused-ring (bicyclic) bond motifs is 1. The fourth-order valence-electron chi connectivity index (χ4n) is 5.89. The summed E-state index contributed by atoms with van der Waals surface area (Å²) >= 11 is 0. The minimum absolute atomic E-state index is 0.00907. The van der Waals surface area contributed by atoms with Crippen molar-refractivity contribution in [3.05, 3.63) is 51.1 Å². The number of aryl methyl sites for hydroxylation is 2. The van der Waals surface area contributed by atoms with Crippen LogP contribution >= 0.6 is 0 Å². The van der Waals surface area contributed by atoms with Gasteiger partial charge in [-0.2, -0.15) is 0 Å². The van der Waals surface area contributed by atoms with Crippen molar-refractivity contribution in [3.8, 4) is 0 Å². The lowest BCUT2D eigenvalue weighted by Crippen LogP contribution is -2.41. The maximum absolute atomic E-state index is 13.2. The number of aromatic amines is 1. The van der Waals surface area contributed by atoms with Gasteiger partial charge in [0.25, 0.3) is 5.56 Å². The lowest BCUT2D eigenvalue weighted by atomic mass is 9.97. The molecule has 1 saturated heterocycles. The molecule has 1 saturated carbocycles. The molecule has 5 rings (SSSR count). The third-order valence-electron chi connectivity index (χ3n) is 7.90. The standard InChI is InChI=1S/C27H38N6O2/c1-17(2)25(26-29-30-31-33(26)16-23-10-7-11-35-23)32(22-8-5-6-9-22)15-21-14-20-12-18(3)19(4)13-24(20)28-27(21)34/h12-14,17,22-23,25H,5-11,15-16H2,1-4H3,(H,28,34)/t23-,25-/m1/s1. The molecule has 2 fully saturated rings. The number of H-pyrrole nitrogens is 1. The number of rotatable bonds is 8. The number of hydrogen-bond donors (Lipinski definition) is 1. The van der Waals surface area contributed by atoms with E-state index in [-0.39, 0.29) is 23.6 Å². The number of nitrogens with zero attached hydrogens (tertiary/aromatic N) is 5. The van der Waals surface area contributed by atoms with Crippen LogP contribution in [0.1, 0.15) is 80.9 Å². The maximum atomic E-state index is 13.2. The zero-order valence-corrected chi connectivity index (χ0v) is 21.5. The highest BCUT2D eigenvalue weighted by molar-refractivity contribution is 5.80. The van der Waals surface area contributed by atoms with Crippen molar-refractivity contribution >= 4 is 10.9 Å². The van der Waals surface area contributed by atoms with E-state index in [1.165, 1.54) is 24.0 Å². The van der Waals surface area contributed by atoms with Crippen molar-refractivity contribution in [1.82, 2.24) is 30.1 Å². The number of benzene rings is 1. The predicted molar refractivity (Wildman–Crippen MR) is 136 cm³/mol. The Kier molecular flexibility index (Phi) is 7.02. The Bertz CT molecular complexity index is 1220. The zero-order valence-electron chi connectivity index (χ0n) is 21.5. The van der Waals surface area contributed by atoms with Gasteiger partial charge in [-0.1, -0.05) is 26.7 Å². The minimum atomic E-state index is -0.00907. The van der Waals surface area contributed by atoms with Crippen LogP contribution < -0.4 is 5.56 Å². The van der Waals surface area contributed by atoms with Crippen LogP contribution in [-0.4, -0.2) is 48.8 Å². The van der Waals surface area contributed by atoms with Crippen LogP contribution in [0.3, 0.4) is 0 Å². The Hall–Kier alpha value is -2.58. The molecule has 8 nitrogen and oxygen atoms in total. The molecule has 1 N–H and O–H groups in total. The second-order valence-corrected chi connectivity index (χ2v) is 10.8. The van der Waals surface area contributed by atoms with Gasteiger partial charge in [0.15, 0.2) is 5.82 Å². The quantitative estimate of drug-likeness (QED) is 0.514. The van der Waals surface area contributed by atoms with Gasteiger partial charge >= 0.3 is 0 Å². The van der Waals surface area contributed by atoms with Gasteiger partial charge < -0.3 is 9.72 Å². The van der Waals surface area contributed by atoms with Crippen LogP contribution in [0.2, 0.25) is 0 Å². The smallest absolute Gasteiger partial charge is 0.252 e. The first-order chi connectivity index (χ1) is 16.9. The van der Waals surface area contributed by atoms with Gasteiger partial charge in [0.2, 0.25) is 0 Å². The number of tetrazole rings is 1. The van der Waals surface area contributed by atoms with E-state index in [0.29, 0.717) is 19.1 Å². The van der Waals surface area contributed by atoms with Crippen LogP contribution in [0.5, 0.6) is 0 Å². The summed E-state index contributed by atoms with van der Waals surface area (Å²) in [6.45, 7) is 10.7. The van der Waals surface area contributed by atoms with Crippen LogP contribution in [0, 0.1) is 19.8 Å². The molecule has 1 aromatic carbocycles. The molecule has 3 aromatic rings. The van der Waals surface area contributed by atoms with Crippen LogP contribution in [0.25, 0.3) is 10.9 Å². The van der Waals surface area contributed by atoms with Crippen molar-refractivity contribution in [2.24, 2.45) is 5.92 Å². The number of aromatic nitrogens is 5. The molecule has 0 bridgehead atoms. The van der Waals surface area contributed by atoms with E-state index in [0.717, 1.165) is 54.6 Å². The fourth-order valence-corrected chi connectivity index (χ4v) is 5.89. The molecular formula is C27H38N6O2. The fraction of sp³-hybridized carbons (Fsp3) is 0.630. The predicted octanol–water partition coefficient (Wildman–Crippen LogP) is 4.45. The summed E-state index contributed by atoms with van der Waals surface area (Å²) in [6.07, 6.45) is 7.02. The Morgan fingerprint density at radius 3 is 2.60 bits per heavy atom. The number of ether oxygens (including phenoxy) is 1. The summed E-state index contributed by atoms with van der Waals surface area (Å²) in [5.41, 5.74) is 4.11. The van der Waals surface area contributed by atoms with Crippen LogP contribution in [0.4, 0.5) is 0 Å². The second kappa shape index (κ2) is 10.2. The summed E-state index contributed by atoms with van der Waals surface area (Å²) in [7, 11) is 0. The Labute approximate surface area is 207 Å². The molecule has 0 unspecified atom stereocenters. The molecule has 35 heavy (non-hydrogen) atoms. The number of hydrogen-bond acceptors (Lipinski definition) is 6. The van der Waals surface area contributed by atoms with Crippen molar-refractivity contribution < 1.29 is 4.74 Å². The Morgan fingerprint density at radius 1 is 1.11 bits per heavy atom. The lowest BCUT2D eigenvalue weighted by Gasteiger charge is -2.38. The lowest BCUT2D eigenvalue weighted by molar-refractivity contribution is 0.0718. The molecule has 1 aliphatic carbocycles. The molecule has 188 valence electrons. The van der Waals surface area contributed by atoms with Gasteiger partial charge in [-0.3, -0.25) is 9.69 Å². The Balaban J connectivity index is 1.51. The normalized spacial score (nSPS) is 20.0. The van der Waals surface area contributed by atoms with Gasteiger partial charge in [0.1, 0.15) is 0 Å². The molecular weight excluding hydrogens is 440 g/mol. The zero-order chi connectivity index (χ0) is 24.5. The highest BCUT2D eigenvalue weighted by Gasteiger charge is 2.36. The van der Waals surface area contributed by atoms with E-state index in [1.54, 1.807) is 0 Å². The average Bonchev–Trinajstić information content (AvgIpc) is 3.59. The van der Waals surface area contributed by atoms with Crippen LogP contribution in [0.15, 0.2) is 23.0 Å². The van der Waals surface area contributed by atoms with E-state index in [9.17, 15) is 4.79 Å². The van der Waals surface area contributed by atoms with Crippen LogP contribution in [-0.2, 0) is 17.8 Å². The minimum Gasteiger partial charge on any atom is -0.376 e. The topological polar surface area (TPSA) is 88.9 Å². The van der Waals surface area contributed by atoms with Crippen molar-refractivity contribution in [1.29, 1.82) is 0 Å². The van der Waals surface area contributed by atoms with Gasteiger partial charge in [0, 0.05) is 30.3 Å². The third kappa shape index (κ3) is 5.05. The van der Waals surface area contributed by atoms with Crippen molar-refractivity contribution in [3.63, 3.8) is 0 Å². The molecule has 1 aliphatic heterocycles. The van der Waals surface area contributed by atoms with E-state index >= 15 is 0 Å². The monoisotopic (exact) mass is 478 g/mol. The highest BCUT2D eigenvalue weighted by Crippen LogP contribution is 2.36. The van der Waals surface area contributed by atoms with Crippen molar-refractivity contribution in [2.45, 2.75) is 97.5 Å². The first-order valence-corrected chi connectivity index (χ1v) is 13.2. The van der Waals surface area contributed by atoms with Gasteiger partial charge in [-0.05, 0) is 90.6 Å². The molecule has 2 atom stereocenters. The van der Waals surface area contributed by atoms with E-state index in [4.69, 9.17) is 4.74 Å². The van der Waals surface area contributed by atoms with Gasteiger partial charge in [-0.15, -0.1) is 5.10 Å². The van der Waals surface area contributed by atoms with Gasteiger partial charge in [-0.25, -0.2) is 4.68 Å². The first-order valence-electron chi connectivity index (χ1n) is 13.2. The van der Waals surface area contributed by atoms with E-state index in [1.807, 2.05) is 4.68 Å². The van der Waals surface area contributed by atoms with Crippen molar-refractivity contribution in [2.75, 3.05) is 6.61 Å². The summed E-state index contributed by atoms with van der Waals surface area (Å²) in [5.74, 6) is 1.17. The third-order valence-corrected chi connectivity index (χ3v) is 7.90. The molecule has 0 amide bonds. The summed E-state index contributed by atoms with van der Waals surface area (Å²) in [4.78, 5) is 18.9. The average molecular weight is 479 g/mol. The number of nitrogens with one attached hydrogen (secondary N) is 1. The maximum Gasteiger partial charge on any atom is 0.252 e. The largest absolute Gasteiger partial charge is 0.376 e.